The second kappa shape index (κ2) is 18.9. The average Bonchev–Trinajstić information content (AvgIpc) is 3.30. The Balaban J connectivity index is -0.000000318. The van der Waals surface area contributed by atoms with Crippen LogP contribution in [-0.2, 0) is 14.2 Å². The molecule has 3 fully saturated rings. The first-order valence-corrected chi connectivity index (χ1v) is 10.6. The van der Waals surface area contributed by atoms with Gasteiger partial charge in [0.1, 0.15) is 0 Å². The molecule has 3 saturated heterocycles. The Labute approximate surface area is 179 Å². The van der Waals surface area contributed by atoms with Crippen molar-refractivity contribution in [2.45, 2.75) is 89.5 Å². The fourth-order valence-corrected chi connectivity index (χ4v) is 3.54. The van der Waals surface area contributed by atoms with E-state index in [0.717, 1.165) is 75.1 Å². The molecule has 28 heavy (non-hydrogen) atoms. The summed E-state index contributed by atoms with van der Waals surface area (Å²) in [7, 11) is 0. The lowest BCUT2D eigenvalue weighted by Crippen LogP contribution is -2.19. The first kappa shape index (κ1) is 32.5. The highest BCUT2D eigenvalue weighted by atomic mass is 16.5. The smallest absolute Gasteiger partial charge is 0.0497 e. The number of hydrogen-bond donors (Lipinski definition) is 0. The maximum atomic E-state index is 5.25. The summed E-state index contributed by atoms with van der Waals surface area (Å²) < 4.78 is 15.7. The maximum Gasteiger partial charge on any atom is 0.0497 e. The summed E-state index contributed by atoms with van der Waals surface area (Å²) in [6.07, 6.45) is 5.10. The maximum absolute atomic E-state index is 5.25. The third kappa shape index (κ3) is 14.0. The van der Waals surface area contributed by atoms with Crippen molar-refractivity contribution in [2.24, 2.45) is 35.5 Å². The zero-order valence-electron chi connectivity index (χ0n) is 17.8. The van der Waals surface area contributed by atoms with Crippen LogP contribution in [0.2, 0.25) is 0 Å². The SMILES string of the molecule is C.C.C.CC(C)C1CCOCC1.CC(C)[C@@H]1CCOC1.CC(C)[C@H]1CCOC1. The van der Waals surface area contributed by atoms with E-state index in [0.29, 0.717) is 0 Å². The molecule has 0 aliphatic carbocycles. The van der Waals surface area contributed by atoms with Crippen LogP contribution in [0.1, 0.15) is 89.5 Å². The molecule has 0 aromatic heterocycles. The first-order valence-electron chi connectivity index (χ1n) is 10.6. The zero-order valence-corrected chi connectivity index (χ0v) is 17.8. The van der Waals surface area contributed by atoms with E-state index in [2.05, 4.69) is 41.5 Å². The van der Waals surface area contributed by atoms with Crippen LogP contribution in [0.4, 0.5) is 0 Å². The van der Waals surface area contributed by atoms with Crippen molar-refractivity contribution in [3.63, 3.8) is 0 Å². The molecule has 3 heterocycles. The fraction of sp³-hybridized carbons (Fsp3) is 1.00. The minimum Gasteiger partial charge on any atom is -0.381 e. The van der Waals surface area contributed by atoms with Gasteiger partial charge in [0, 0.05) is 39.6 Å². The van der Waals surface area contributed by atoms with E-state index in [4.69, 9.17) is 14.2 Å². The van der Waals surface area contributed by atoms with Crippen molar-refractivity contribution in [3.05, 3.63) is 0 Å². The third-order valence-corrected chi connectivity index (χ3v) is 6.02. The minimum atomic E-state index is 0. The largest absolute Gasteiger partial charge is 0.381 e. The second-order valence-electron chi connectivity index (χ2n) is 8.93. The van der Waals surface area contributed by atoms with Crippen molar-refractivity contribution in [2.75, 3.05) is 39.6 Å². The molecule has 0 spiro atoms. The van der Waals surface area contributed by atoms with Gasteiger partial charge in [0.05, 0.1) is 0 Å². The molecule has 0 saturated carbocycles. The van der Waals surface area contributed by atoms with E-state index in [1.54, 1.807) is 0 Å². The monoisotopic (exact) mass is 404 g/mol. The highest BCUT2D eigenvalue weighted by molar-refractivity contribution is 4.67. The Morgan fingerprint density at radius 1 is 0.464 bits per heavy atom. The highest BCUT2D eigenvalue weighted by Gasteiger charge is 2.19. The van der Waals surface area contributed by atoms with E-state index in [1.165, 1.54) is 25.7 Å². The Morgan fingerprint density at radius 3 is 0.929 bits per heavy atom. The van der Waals surface area contributed by atoms with Crippen molar-refractivity contribution in [1.82, 2.24) is 0 Å². The summed E-state index contributed by atoms with van der Waals surface area (Å²) in [6, 6.07) is 0. The minimum absolute atomic E-state index is 0. The molecule has 2 atom stereocenters. The standard InChI is InChI=1S/C8H16O.2C7H14O.3CH4/c1-7(2)8-3-5-9-6-4-8;2*1-6(2)7-3-4-8-5-7;;;/h7-8H,3-6H2,1-2H3;2*6-7H,3-5H2,1-2H3;3*1H4/t;2*7-;;;/m.10.../s1. The van der Waals surface area contributed by atoms with E-state index < -0.39 is 0 Å². The lowest BCUT2D eigenvalue weighted by atomic mass is 9.89. The topological polar surface area (TPSA) is 27.7 Å². The molecule has 0 N–H and O–H groups in total. The van der Waals surface area contributed by atoms with Gasteiger partial charge in [0.15, 0.2) is 0 Å². The van der Waals surface area contributed by atoms with Gasteiger partial charge in [0.2, 0.25) is 0 Å². The first-order chi connectivity index (χ1) is 11.9. The van der Waals surface area contributed by atoms with E-state index in [-0.39, 0.29) is 22.3 Å². The lowest BCUT2D eigenvalue weighted by Gasteiger charge is -2.24. The summed E-state index contributed by atoms with van der Waals surface area (Å²) in [5, 5.41) is 0. The van der Waals surface area contributed by atoms with Crippen molar-refractivity contribution in [1.29, 1.82) is 0 Å². The molecule has 3 aliphatic heterocycles. The van der Waals surface area contributed by atoms with Crippen LogP contribution in [-0.4, -0.2) is 39.6 Å². The summed E-state index contributed by atoms with van der Waals surface area (Å²) in [4.78, 5) is 0. The molecule has 3 aliphatic rings. The van der Waals surface area contributed by atoms with Gasteiger partial charge < -0.3 is 14.2 Å². The van der Waals surface area contributed by atoms with Gasteiger partial charge in [-0.3, -0.25) is 0 Å². The van der Waals surface area contributed by atoms with Gasteiger partial charge in [-0.2, -0.15) is 0 Å². The Morgan fingerprint density at radius 2 is 0.750 bits per heavy atom. The highest BCUT2D eigenvalue weighted by Crippen LogP contribution is 2.22. The van der Waals surface area contributed by atoms with Gasteiger partial charge in [0.25, 0.3) is 0 Å². The number of ether oxygens (including phenoxy) is 3. The van der Waals surface area contributed by atoms with Gasteiger partial charge in [-0.1, -0.05) is 63.8 Å². The molecule has 0 aromatic carbocycles. The molecule has 0 bridgehead atoms. The normalized spacial score (nSPS) is 24.3. The van der Waals surface area contributed by atoms with Crippen LogP contribution in [0, 0.1) is 35.5 Å². The van der Waals surface area contributed by atoms with Crippen LogP contribution >= 0.6 is 0 Å². The van der Waals surface area contributed by atoms with Gasteiger partial charge >= 0.3 is 0 Å². The Hall–Kier alpha value is -0.120. The van der Waals surface area contributed by atoms with Gasteiger partial charge in [-0.05, 0) is 61.2 Å². The van der Waals surface area contributed by atoms with Crippen LogP contribution in [0.5, 0.6) is 0 Å². The summed E-state index contributed by atoms with van der Waals surface area (Å²) in [5.41, 5.74) is 0. The van der Waals surface area contributed by atoms with Crippen LogP contribution in [0.15, 0.2) is 0 Å². The van der Waals surface area contributed by atoms with Crippen molar-refractivity contribution < 1.29 is 14.2 Å². The second-order valence-corrected chi connectivity index (χ2v) is 8.93. The predicted octanol–water partition coefficient (Wildman–Crippen LogP) is 7.34. The third-order valence-electron chi connectivity index (χ3n) is 6.02. The molecular formula is C25H56O3. The zero-order chi connectivity index (χ0) is 18.7. The molecule has 3 rings (SSSR count). The molecule has 0 aromatic rings. The lowest BCUT2D eigenvalue weighted by molar-refractivity contribution is 0.0523. The molecule has 0 radical (unpaired) electrons. The predicted molar refractivity (Wildman–Crippen MR) is 126 cm³/mol. The van der Waals surface area contributed by atoms with E-state index in [1.807, 2.05) is 0 Å². The van der Waals surface area contributed by atoms with Crippen LogP contribution in [0.3, 0.4) is 0 Å². The summed E-state index contributed by atoms with van der Waals surface area (Å²) >= 11 is 0. The quantitative estimate of drug-likeness (QED) is 0.492. The molecule has 3 nitrogen and oxygen atoms in total. The van der Waals surface area contributed by atoms with E-state index in [9.17, 15) is 0 Å². The fourth-order valence-electron chi connectivity index (χ4n) is 3.54. The van der Waals surface area contributed by atoms with Crippen molar-refractivity contribution in [3.8, 4) is 0 Å². The summed E-state index contributed by atoms with van der Waals surface area (Å²) in [6.45, 7) is 19.6. The number of hydrogen-bond acceptors (Lipinski definition) is 3. The molecule has 0 amide bonds. The number of rotatable bonds is 3. The van der Waals surface area contributed by atoms with Crippen LogP contribution < -0.4 is 0 Å². The van der Waals surface area contributed by atoms with Gasteiger partial charge in [-0.25, -0.2) is 0 Å². The van der Waals surface area contributed by atoms with E-state index >= 15 is 0 Å². The Kier molecular flexibility index (Phi) is 21.9. The van der Waals surface area contributed by atoms with Gasteiger partial charge in [-0.15, -0.1) is 0 Å². The molecule has 0 unspecified atom stereocenters. The van der Waals surface area contributed by atoms with Crippen molar-refractivity contribution >= 4 is 0 Å². The molecule has 174 valence electrons. The van der Waals surface area contributed by atoms with Crippen LogP contribution in [0.25, 0.3) is 0 Å². The Bertz CT molecular complexity index is 277. The summed E-state index contributed by atoms with van der Waals surface area (Å²) in [5.74, 6) is 5.10. The molecule has 3 heteroatoms. The average molecular weight is 405 g/mol. The molecular weight excluding hydrogens is 348 g/mol.